The first-order valence-corrected chi connectivity index (χ1v) is 5.37. The highest BCUT2D eigenvalue weighted by molar-refractivity contribution is 5.82. The number of rotatable bonds is 0. The second-order valence-corrected chi connectivity index (χ2v) is 4.74. The summed E-state index contributed by atoms with van der Waals surface area (Å²) in [5.41, 5.74) is 1.49. The lowest BCUT2D eigenvalue weighted by molar-refractivity contribution is -0.128. The van der Waals surface area contributed by atoms with Crippen LogP contribution in [0.5, 0.6) is 0 Å². The molecule has 3 atom stereocenters. The van der Waals surface area contributed by atoms with Gasteiger partial charge < -0.3 is 0 Å². The first kappa shape index (κ1) is 8.98. The third-order valence-electron chi connectivity index (χ3n) is 3.79. The minimum atomic E-state index is 0.368. The molecule has 2 aliphatic carbocycles. The van der Waals surface area contributed by atoms with E-state index in [0.717, 1.165) is 31.6 Å². The number of Topliss-reactive ketones (excluding diaryl/α,β-unsaturated/α-hetero) is 1. The molecule has 0 aliphatic heterocycles. The van der Waals surface area contributed by atoms with E-state index < -0.39 is 0 Å². The summed E-state index contributed by atoms with van der Waals surface area (Å²) in [5.74, 6) is 2.30. The van der Waals surface area contributed by atoms with Crippen LogP contribution in [0.3, 0.4) is 0 Å². The van der Waals surface area contributed by atoms with Crippen molar-refractivity contribution in [2.45, 2.75) is 39.5 Å². The Labute approximate surface area is 80.2 Å². The van der Waals surface area contributed by atoms with E-state index in [2.05, 4.69) is 19.9 Å². The van der Waals surface area contributed by atoms with Crippen LogP contribution in [0.25, 0.3) is 0 Å². The molecule has 1 heteroatoms. The summed E-state index contributed by atoms with van der Waals surface area (Å²) in [4.78, 5) is 11.7. The Bertz CT molecular complexity index is 252. The fourth-order valence-electron chi connectivity index (χ4n) is 2.84. The molecule has 0 unspecified atom stereocenters. The molecule has 0 radical (unpaired) electrons. The fraction of sp³-hybridized carbons (Fsp3) is 0.750. The summed E-state index contributed by atoms with van der Waals surface area (Å²) in [6, 6.07) is 0. The SMILES string of the molecule is CC1=CC[C@@H]2C(=O)CC[C@H](C)[C@H]2C1. The van der Waals surface area contributed by atoms with Gasteiger partial charge in [-0.3, -0.25) is 4.79 Å². The minimum Gasteiger partial charge on any atom is -0.299 e. The number of hydrogen-bond donors (Lipinski definition) is 0. The minimum absolute atomic E-state index is 0.368. The van der Waals surface area contributed by atoms with E-state index in [1.807, 2.05) is 0 Å². The lowest BCUT2D eigenvalue weighted by Gasteiger charge is -2.38. The van der Waals surface area contributed by atoms with E-state index in [9.17, 15) is 4.79 Å². The second-order valence-electron chi connectivity index (χ2n) is 4.74. The molecule has 1 fully saturated rings. The van der Waals surface area contributed by atoms with Crippen LogP contribution in [0.4, 0.5) is 0 Å². The predicted octanol–water partition coefficient (Wildman–Crippen LogP) is 2.96. The Balaban J connectivity index is 2.19. The fourth-order valence-corrected chi connectivity index (χ4v) is 2.84. The van der Waals surface area contributed by atoms with Crippen molar-refractivity contribution in [3.8, 4) is 0 Å². The zero-order chi connectivity index (χ0) is 9.42. The quantitative estimate of drug-likeness (QED) is 0.521. The number of ketones is 1. The summed E-state index contributed by atoms with van der Waals surface area (Å²) in [6.07, 6.45) is 6.39. The number of hydrogen-bond acceptors (Lipinski definition) is 1. The average molecular weight is 178 g/mol. The zero-order valence-corrected chi connectivity index (χ0v) is 8.55. The summed E-state index contributed by atoms with van der Waals surface area (Å²) < 4.78 is 0. The largest absolute Gasteiger partial charge is 0.299 e. The molecule has 0 amide bonds. The Morgan fingerprint density at radius 1 is 1.46 bits per heavy atom. The molecule has 1 nitrogen and oxygen atoms in total. The van der Waals surface area contributed by atoms with Gasteiger partial charge in [0.2, 0.25) is 0 Å². The second kappa shape index (κ2) is 3.28. The first-order valence-electron chi connectivity index (χ1n) is 5.37. The molecule has 0 aromatic carbocycles. The first-order chi connectivity index (χ1) is 6.18. The Hall–Kier alpha value is -0.590. The summed E-state index contributed by atoms with van der Waals surface area (Å²) in [7, 11) is 0. The van der Waals surface area contributed by atoms with Gasteiger partial charge in [0.15, 0.2) is 0 Å². The summed E-state index contributed by atoms with van der Waals surface area (Å²) in [6.45, 7) is 4.50. The van der Waals surface area contributed by atoms with Crippen molar-refractivity contribution < 1.29 is 4.79 Å². The van der Waals surface area contributed by atoms with Crippen LogP contribution >= 0.6 is 0 Å². The maximum Gasteiger partial charge on any atom is 0.136 e. The van der Waals surface area contributed by atoms with Crippen molar-refractivity contribution in [2.24, 2.45) is 17.8 Å². The van der Waals surface area contributed by atoms with Gasteiger partial charge in [-0.25, -0.2) is 0 Å². The summed E-state index contributed by atoms with van der Waals surface area (Å²) in [5, 5.41) is 0. The standard InChI is InChI=1S/C12H18O/c1-8-3-5-10-11(7-8)9(2)4-6-12(10)13/h3,9-11H,4-7H2,1-2H3/t9-,10-,11+/m0/s1. The van der Waals surface area contributed by atoms with Crippen molar-refractivity contribution >= 4 is 5.78 Å². The van der Waals surface area contributed by atoms with Crippen LogP contribution in [0.1, 0.15) is 39.5 Å². The van der Waals surface area contributed by atoms with E-state index in [-0.39, 0.29) is 0 Å². The van der Waals surface area contributed by atoms with Gasteiger partial charge in [0.05, 0.1) is 0 Å². The molecule has 0 spiro atoms. The average Bonchev–Trinajstić information content (AvgIpc) is 2.12. The maximum absolute atomic E-state index is 11.7. The van der Waals surface area contributed by atoms with Crippen LogP contribution in [0, 0.1) is 17.8 Å². The number of allylic oxidation sites excluding steroid dienone is 2. The summed E-state index contributed by atoms with van der Waals surface area (Å²) >= 11 is 0. The van der Waals surface area contributed by atoms with Crippen molar-refractivity contribution in [2.75, 3.05) is 0 Å². The monoisotopic (exact) mass is 178 g/mol. The number of fused-ring (bicyclic) bond motifs is 1. The molecule has 0 heterocycles. The smallest absolute Gasteiger partial charge is 0.136 e. The van der Waals surface area contributed by atoms with E-state index in [1.165, 1.54) is 5.57 Å². The molecule has 72 valence electrons. The van der Waals surface area contributed by atoms with E-state index in [0.29, 0.717) is 17.6 Å². The van der Waals surface area contributed by atoms with Gasteiger partial charge in [0.25, 0.3) is 0 Å². The lowest BCUT2D eigenvalue weighted by Crippen LogP contribution is -2.35. The Kier molecular flexibility index (Phi) is 2.27. The van der Waals surface area contributed by atoms with Crippen LogP contribution in [-0.4, -0.2) is 5.78 Å². The van der Waals surface area contributed by atoms with Crippen molar-refractivity contribution in [1.29, 1.82) is 0 Å². The molecule has 2 rings (SSSR count). The van der Waals surface area contributed by atoms with Crippen LogP contribution in [-0.2, 0) is 4.79 Å². The highest BCUT2D eigenvalue weighted by Crippen LogP contribution is 2.41. The van der Waals surface area contributed by atoms with E-state index in [4.69, 9.17) is 0 Å². The van der Waals surface area contributed by atoms with Gasteiger partial charge in [-0.2, -0.15) is 0 Å². The molecule has 0 bridgehead atoms. The maximum atomic E-state index is 11.7. The number of carbonyl (C=O) groups excluding carboxylic acids is 1. The molecule has 0 saturated heterocycles. The highest BCUT2D eigenvalue weighted by Gasteiger charge is 2.37. The Morgan fingerprint density at radius 2 is 2.23 bits per heavy atom. The van der Waals surface area contributed by atoms with Crippen molar-refractivity contribution in [3.63, 3.8) is 0 Å². The van der Waals surface area contributed by atoms with Gasteiger partial charge in [-0.15, -0.1) is 0 Å². The molecular formula is C12H18O. The van der Waals surface area contributed by atoms with Gasteiger partial charge in [0, 0.05) is 12.3 Å². The normalized spacial score (nSPS) is 39.7. The highest BCUT2D eigenvalue weighted by atomic mass is 16.1. The van der Waals surface area contributed by atoms with Gasteiger partial charge in [-0.05, 0) is 38.0 Å². The van der Waals surface area contributed by atoms with Gasteiger partial charge >= 0.3 is 0 Å². The molecule has 0 N–H and O–H groups in total. The van der Waals surface area contributed by atoms with Crippen LogP contribution in [0.2, 0.25) is 0 Å². The van der Waals surface area contributed by atoms with E-state index in [1.54, 1.807) is 0 Å². The van der Waals surface area contributed by atoms with Crippen LogP contribution in [0.15, 0.2) is 11.6 Å². The third kappa shape index (κ3) is 1.56. The van der Waals surface area contributed by atoms with Crippen LogP contribution < -0.4 is 0 Å². The van der Waals surface area contributed by atoms with Crippen molar-refractivity contribution in [1.82, 2.24) is 0 Å². The van der Waals surface area contributed by atoms with Crippen molar-refractivity contribution in [3.05, 3.63) is 11.6 Å². The third-order valence-corrected chi connectivity index (χ3v) is 3.79. The van der Waals surface area contributed by atoms with E-state index >= 15 is 0 Å². The van der Waals surface area contributed by atoms with Gasteiger partial charge in [0.1, 0.15) is 5.78 Å². The lowest BCUT2D eigenvalue weighted by atomic mass is 9.66. The molecular weight excluding hydrogens is 160 g/mol. The molecule has 2 aliphatic rings. The topological polar surface area (TPSA) is 17.1 Å². The van der Waals surface area contributed by atoms with Gasteiger partial charge in [-0.1, -0.05) is 18.6 Å². The molecule has 0 aromatic heterocycles. The molecule has 1 saturated carbocycles. The Morgan fingerprint density at radius 3 is 3.00 bits per heavy atom. The predicted molar refractivity (Wildman–Crippen MR) is 53.4 cm³/mol. The number of carbonyl (C=O) groups is 1. The zero-order valence-electron chi connectivity index (χ0n) is 8.55. The molecule has 13 heavy (non-hydrogen) atoms. The molecule has 0 aromatic rings.